The topological polar surface area (TPSA) is 59.2 Å². The van der Waals surface area contributed by atoms with Gasteiger partial charge in [0.2, 0.25) is 0 Å². The van der Waals surface area contributed by atoms with Crippen LogP contribution in [0.25, 0.3) is 10.9 Å². The summed E-state index contributed by atoms with van der Waals surface area (Å²) in [4.78, 5) is 26.0. The van der Waals surface area contributed by atoms with E-state index in [1.54, 1.807) is 12.3 Å². The number of nitrogens with one attached hydrogen (secondary N) is 1. The van der Waals surface area contributed by atoms with Crippen LogP contribution in [0, 0.1) is 0 Å². The van der Waals surface area contributed by atoms with Gasteiger partial charge in [-0.1, -0.05) is 11.6 Å². The second-order valence-corrected chi connectivity index (χ2v) is 3.98. The average molecular weight is 252 g/mol. The summed E-state index contributed by atoms with van der Waals surface area (Å²) >= 11 is 6.10. The molecule has 0 radical (unpaired) electrons. The van der Waals surface area contributed by atoms with E-state index in [-0.39, 0.29) is 16.4 Å². The number of hydrogen-bond acceptors (Lipinski definition) is 3. The number of carbonyl (C=O) groups excluding carboxylic acids is 2. The minimum atomic E-state index is -0.555. The highest BCUT2D eigenvalue weighted by atomic mass is 35.5. The Balaban J connectivity index is 2.82. The molecular weight excluding hydrogens is 242 g/mol. The Bertz CT molecular complexity index is 615. The van der Waals surface area contributed by atoms with Gasteiger partial charge in [-0.05, 0) is 19.1 Å². The summed E-state index contributed by atoms with van der Waals surface area (Å²) in [5.41, 5.74) is 1.26. The van der Waals surface area contributed by atoms with E-state index in [1.165, 1.54) is 20.1 Å². The molecule has 0 fully saturated rings. The van der Waals surface area contributed by atoms with Crippen molar-refractivity contribution in [2.24, 2.45) is 0 Å². The summed E-state index contributed by atoms with van der Waals surface area (Å²) in [6.07, 6.45) is 1.67. The van der Waals surface area contributed by atoms with Gasteiger partial charge in [-0.3, -0.25) is 4.79 Å². The van der Waals surface area contributed by atoms with Gasteiger partial charge in [0.1, 0.15) is 0 Å². The van der Waals surface area contributed by atoms with Crippen LogP contribution in [0.15, 0.2) is 18.3 Å². The summed E-state index contributed by atoms with van der Waals surface area (Å²) < 4.78 is 4.63. The first-order chi connectivity index (χ1) is 8.06. The molecule has 2 aromatic rings. The number of fused-ring (bicyclic) bond motifs is 1. The van der Waals surface area contributed by atoms with Gasteiger partial charge in [0, 0.05) is 17.1 Å². The summed E-state index contributed by atoms with van der Waals surface area (Å²) in [7, 11) is 1.27. The van der Waals surface area contributed by atoms with Gasteiger partial charge in [-0.25, -0.2) is 4.79 Å². The number of Topliss-reactive ketones (excluding diaryl/α,β-unsaturated/α-hetero) is 1. The standard InChI is InChI=1S/C12H10ClNO3/c1-6(15)8-5-9(12(16)17-2)10(13)7-3-4-14-11(7)8/h3-5,14H,1-2H3. The monoisotopic (exact) mass is 251 g/mol. The zero-order chi connectivity index (χ0) is 12.6. The number of esters is 1. The lowest BCUT2D eigenvalue weighted by molar-refractivity contribution is 0.0601. The van der Waals surface area contributed by atoms with Crippen molar-refractivity contribution in [1.29, 1.82) is 0 Å². The quantitative estimate of drug-likeness (QED) is 0.660. The van der Waals surface area contributed by atoms with Gasteiger partial charge >= 0.3 is 5.97 Å². The van der Waals surface area contributed by atoms with Gasteiger partial charge in [0.05, 0.1) is 23.2 Å². The molecule has 5 heteroatoms. The van der Waals surface area contributed by atoms with Crippen LogP contribution in [-0.2, 0) is 4.74 Å². The van der Waals surface area contributed by atoms with Crippen molar-refractivity contribution in [2.75, 3.05) is 7.11 Å². The van der Waals surface area contributed by atoms with E-state index in [0.717, 1.165) is 0 Å². The molecule has 17 heavy (non-hydrogen) atoms. The molecule has 0 bridgehead atoms. The van der Waals surface area contributed by atoms with Crippen molar-refractivity contribution in [3.05, 3.63) is 34.5 Å². The Morgan fingerprint density at radius 1 is 1.35 bits per heavy atom. The van der Waals surface area contributed by atoms with E-state index in [2.05, 4.69) is 9.72 Å². The highest BCUT2D eigenvalue weighted by Gasteiger charge is 2.18. The SMILES string of the molecule is COC(=O)c1cc(C(C)=O)c2[nH]ccc2c1Cl. The first-order valence-electron chi connectivity index (χ1n) is 4.95. The fourth-order valence-corrected chi connectivity index (χ4v) is 2.03. The lowest BCUT2D eigenvalue weighted by Crippen LogP contribution is -2.05. The van der Waals surface area contributed by atoms with Crippen LogP contribution in [0.2, 0.25) is 5.02 Å². The number of aromatic nitrogens is 1. The second-order valence-electron chi connectivity index (χ2n) is 3.60. The lowest BCUT2D eigenvalue weighted by Gasteiger charge is -2.07. The van der Waals surface area contributed by atoms with Crippen LogP contribution in [0.1, 0.15) is 27.6 Å². The summed E-state index contributed by atoms with van der Waals surface area (Å²) in [6.45, 7) is 1.44. The molecule has 0 saturated carbocycles. The van der Waals surface area contributed by atoms with E-state index in [9.17, 15) is 9.59 Å². The largest absolute Gasteiger partial charge is 0.465 e. The van der Waals surface area contributed by atoms with Crippen molar-refractivity contribution in [3.8, 4) is 0 Å². The van der Waals surface area contributed by atoms with E-state index in [1.807, 2.05) is 0 Å². The molecule has 0 aliphatic heterocycles. The van der Waals surface area contributed by atoms with E-state index in [4.69, 9.17) is 11.6 Å². The van der Waals surface area contributed by atoms with Gasteiger partial charge in [0.25, 0.3) is 0 Å². The number of carbonyl (C=O) groups is 2. The second kappa shape index (κ2) is 4.22. The molecule has 0 atom stereocenters. The molecule has 0 unspecified atom stereocenters. The normalized spacial score (nSPS) is 10.5. The maximum absolute atomic E-state index is 11.5. The predicted octanol–water partition coefficient (Wildman–Crippen LogP) is 2.81. The minimum Gasteiger partial charge on any atom is -0.465 e. The number of ether oxygens (including phenoxy) is 1. The zero-order valence-electron chi connectivity index (χ0n) is 9.33. The number of halogens is 1. The number of H-pyrrole nitrogens is 1. The molecule has 4 nitrogen and oxygen atoms in total. The number of aromatic amines is 1. The Labute approximate surface area is 103 Å². The van der Waals surface area contributed by atoms with E-state index in [0.29, 0.717) is 16.5 Å². The van der Waals surface area contributed by atoms with Crippen LogP contribution in [0.3, 0.4) is 0 Å². The van der Waals surface area contributed by atoms with Crippen LogP contribution in [-0.4, -0.2) is 23.8 Å². The fraction of sp³-hybridized carbons (Fsp3) is 0.167. The van der Waals surface area contributed by atoms with Crippen molar-refractivity contribution >= 4 is 34.3 Å². The molecule has 0 amide bonds. The molecule has 0 spiro atoms. The Hall–Kier alpha value is -1.81. The molecule has 0 aliphatic rings. The van der Waals surface area contributed by atoms with Gasteiger partial charge in [-0.15, -0.1) is 0 Å². The molecule has 1 aromatic carbocycles. The highest BCUT2D eigenvalue weighted by molar-refractivity contribution is 6.39. The van der Waals surface area contributed by atoms with E-state index >= 15 is 0 Å². The maximum atomic E-state index is 11.5. The maximum Gasteiger partial charge on any atom is 0.339 e. The minimum absolute atomic E-state index is 0.140. The third kappa shape index (κ3) is 1.80. The predicted molar refractivity (Wildman–Crippen MR) is 64.7 cm³/mol. The van der Waals surface area contributed by atoms with Crippen molar-refractivity contribution in [2.45, 2.75) is 6.92 Å². The number of hydrogen-bond donors (Lipinski definition) is 1. The van der Waals surface area contributed by atoms with Crippen LogP contribution >= 0.6 is 11.6 Å². The van der Waals surface area contributed by atoms with Gasteiger partial charge in [-0.2, -0.15) is 0 Å². The first-order valence-corrected chi connectivity index (χ1v) is 5.33. The van der Waals surface area contributed by atoms with Crippen LogP contribution < -0.4 is 0 Å². The van der Waals surface area contributed by atoms with Crippen LogP contribution in [0.5, 0.6) is 0 Å². The summed E-state index contributed by atoms with van der Waals surface area (Å²) in [5, 5.41) is 0.929. The van der Waals surface area contributed by atoms with Gasteiger partial charge in [0.15, 0.2) is 5.78 Å². The number of ketones is 1. The Morgan fingerprint density at radius 3 is 2.65 bits per heavy atom. The molecular formula is C12H10ClNO3. The Kier molecular flexibility index (Phi) is 2.90. The van der Waals surface area contributed by atoms with Crippen molar-refractivity contribution in [1.82, 2.24) is 4.98 Å². The summed E-state index contributed by atoms with van der Waals surface area (Å²) in [6, 6.07) is 3.17. The first kappa shape index (κ1) is 11.7. The van der Waals surface area contributed by atoms with Crippen LogP contribution in [0.4, 0.5) is 0 Å². The zero-order valence-corrected chi connectivity index (χ0v) is 10.1. The molecule has 1 aromatic heterocycles. The number of rotatable bonds is 2. The highest BCUT2D eigenvalue weighted by Crippen LogP contribution is 2.30. The number of methoxy groups -OCH3 is 1. The molecule has 1 heterocycles. The fourth-order valence-electron chi connectivity index (χ4n) is 1.74. The third-order valence-corrected chi connectivity index (χ3v) is 2.97. The molecule has 2 rings (SSSR count). The number of benzene rings is 1. The smallest absolute Gasteiger partial charge is 0.339 e. The molecule has 0 aliphatic carbocycles. The summed E-state index contributed by atoms with van der Waals surface area (Å²) in [5.74, 6) is -0.695. The molecule has 1 N–H and O–H groups in total. The molecule has 0 saturated heterocycles. The van der Waals surface area contributed by atoms with Crippen molar-refractivity contribution < 1.29 is 14.3 Å². The molecule has 88 valence electrons. The third-order valence-electron chi connectivity index (χ3n) is 2.56. The average Bonchev–Trinajstić information content (AvgIpc) is 2.77. The Morgan fingerprint density at radius 2 is 2.06 bits per heavy atom. The lowest BCUT2D eigenvalue weighted by atomic mass is 10.0. The van der Waals surface area contributed by atoms with E-state index < -0.39 is 5.97 Å². The van der Waals surface area contributed by atoms with Crippen molar-refractivity contribution in [3.63, 3.8) is 0 Å². The van der Waals surface area contributed by atoms with Gasteiger partial charge < -0.3 is 9.72 Å².